The molecule has 0 bridgehead atoms. The van der Waals surface area contributed by atoms with Gasteiger partial charge in [-0.2, -0.15) is 5.10 Å². The van der Waals surface area contributed by atoms with Crippen molar-refractivity contribution in [3.8, 4) is 17.1 Å². The van der Waals surface area contributed by atoms with Gasteiger partial charge >= 0.3 is 0 Å². The van der Waals surface area contributed by atoms with Crippen LogP contribution < -0.4 is 4.74 Å². The fourth-order valence-corrected chi connectivity index (χ4v) is 3.63. The number of rotatable bonds is 6. The number of hydrogen-bond acceptors (Lipinski definition) is 5. The summed E-state index contributed by atoms with van der Waals surface area (Å²) in [5, 5.41) is 4.86. The Morgan fingerprint density at radius 3 is 2.45 bits per heavy atom. The number of benzene rings is 2. The van der Waals surface area contributed by atoms with Gasteiger partial charge in [-0.05, 0) is 61.1 Å². The van der Waals surface area contributed by atoms with Crippen LogP contribution in [0.3, 0.4) is 0 Å². The summed E-state index contributed by atoms with van der Waals surface area (Å²) in [6.07, 6.45) is 6.97. The lowest BCUT2D eigenvalue weighted by Gasteiger charge is -2.10. The zero-order chi connectivity index (χ0) is 19.8. The molecule has 2 aromatic heterocycles. The maximum atomic E-state index is 5.28. The van der Waals surface area contributed by atoms with Crippen LogP contribution >= 0.6 is 0 Å². The first-order valence-electron chi connectivity index (χ1n) is 9.98. The molecule has 1 fully saturated rings. The Balaban J connectivity index is 1.57. The van der Waals surface area contributed by atoms with Crippen LogP contribution in [0.5, 0.6) is 5.75 Å². The van der Waals surface area contributed by atoms with E-state index in [9.17, 15) is 0 Å². The third-order valence-electron chi connectivity index (χ3n) is 5.43. The van der Waals surface area contributed by atoms with Crippen molar-refractivity contribution >= 4 is 11.0 Å². The van der Waals surface area contributed by atoms with Crippen LogP contribution in [0.25, 0.3) is 22.4 Å². The Kier molecular flexibility index (Phi) is 4.46. The van der Waals surface area contributed by atoms with E-state index in [0.717, 1.165) is 57.5 Å². The third kappa shape index (κ3) is 3.70. The van der Waals surface area contributed by atoms with Gasteiger partial charge in [-0.1, -0.05) is 12.1 Å². The topological polar surface area (TPSA) is 65.7 Å². The first-order valence-corrected chi connectivity index (χ1v) is 9.98. The molecule has 0 atom stereocenters. The highest BCUT2D eigenvalue weighted by Crippen LogP contribution is 2.33. The van der Waals surface area contributed by atoms with Gasteiger partial charge in [0.05, 0.1) is 24.7 Å². The number of aryl methyl sites for hydroxylation is 1. The highest BCUT2D eigenvalue weighted by Gasteiger charge is 2.25. The van der Waals surface area contributed by atoms with Crippen molar-refractivity contribution in [3.05, 3.63) is 65.7 Å². The van der Waals surface area contributed by atoms with Gasteiger partial charge in [-0.25, -0.2) is 9.67 Å². The van der Waals surface area contributed by atoms with Crippen LogP contribution in [0, 0.1) is 12.8 Å². The van der Waals surface area contributed by atoms with Crippen molar-refractivity contribution in [2.24, 2.45) is 5.92 Å². The molecular formula is C23H23N5O. The maximum absolute atomic E-state index is 5.28. The van der Waals surface area contributed by atoms with Gasteiger partial charge in [0.15, 0.2) is 11.6 Å². The van der Waals surface area contributed by atoms with Crippen LogP contribution in [0.15, 0.2) is 48.8 Å². The van der Waals surface area contributed by atoms with Gasteiger partial charge in [-0.3, -0.25) is 9.97 Å². The number of fused-ring (bicyclic) bond motifs is 1. The molecule has 0 radical (unpaired) electrons. The average Bonchev–Trinajstić information content (AvgIpc) is 3.47. The second kappa shape index (κ2) is 7.28. The van der Waals surface area contributed by atoms with E-state index in [4.69, 9.17) is 14.8 Å². The van der Waals surface area contributed by atoms with Gasteiger partial charge in [-0.15, -0.1) is 0 Å². The summed E-state index contributed by atoms with van der Waals surface area (Å²) in [6, 6.07) is 12.3. The summed E-state index contributed by atoms with van der Waals surface area (Å²) in [7, 11) is 1.68. The molecule has 1 saturated carbocycles. The average molecular weight is 385 g/mol. The van der Waals surface area contributed by atoms with Gasteiger partial charge < -0.3 is 4.74 Å². The predicted molar refractivity (Wildman–Crippen MR) is 112 cm³/mol. The maximum Gasteiger partial charge on any atom is 0.159 e. The van der Waals surface area contributed by atoms with Crippen LogP contribution in [0.2, 0.25) is 0 Å². The monoisotopic (exact) mass is 385 g/mol. The molecule has 0 aliphatic heterocycles. The van der Waals surface area contributed by atoms with E-state index in [2.05, 4.69) is 41.2 Å². The minimum Gasteiger partial charge on any atom is -0.497 e. The summed E-state index contributed by atoms with van der Waals surface area (Å²) in [4.78, 5) is 13.8. The number of nitrogens with zero attached hydrogens (tertiary/aromatic N) is 5. The van der Waals surface area contributed by atoms with Crippen LogP contribution in [-0.4, -0.2) is 31.8 Å². The molecule has 0 unspecified atom stereocenters. The van der Waals surface area contributed by atoms with Crippen LogP contribution in [-0.2, 0) is 13.0 Å². The molecule has 5 rings (SSSR count). The predicted octanol–water partition coefficient (Wildman–Crippen LogP) is 4.21. The van der Waals surface area contributed by atoms with Crippen LogP contribution in [0.1, 0.15) is 29.8 Å². The minimum absolute atomic E-state index is 0.662. The Morgan fingerprint density at radius 1 is 1.03 bits per heavy atom. The lowest BCUT2D eigenvalue weighted by Crippen LogP contribution is -2.05. The largest absolute Gasteiger partial charge is 0.497 e. The number of hydrogen-bond donors (Lipinski definition) is 0. The molecule has 146 valence electrons. The quantitative estimate of drug-likeness (QED) is 0.497. The number of ether oxygens (including phenoxy) is 1. The lowest BCUT2D eigenvalue weighted by atomic mass is 10.1. The smallest absolute Gasteiger partial charge is 0.159 e. The zero-order valence-electron chi connectivity index (χ0n) is 16.7. The van der Waals surface area contributed by atoms with Gasteiger partial charge in [0.1, 0.15) is 5.75 Å². The number of methoxy groups -OCH3 is 1. The van der Waals surface area contributed by atoms with Crippen molar-refractivity contribution in [1.82, 2.24) is 24.7 Å². The molecule has 4 aromatic rings. The van der Waals surface area contributed by atoms with E-state index < -0.39 is 0 Å². The standard InChI is InChI=1S/C23H23N5O/c1-15-11-20-21(25-10-9-24-20)13-19(15)23-26-22(12-16-3-4-16)27-28(23)14-17-5-7-18(29-2)8-6-17/h5-11,13,16H,3-4,12,14H2,1-2H3. The molecule has 0 saturated heterocycles. The Hall–Kier alpha value is -3.28. The van der Waals surface area contributed by atoms with Gasteiger partial charge in [0.2, 0.25) is 0 Å². The highest BCUT2D eigenvalue weighted by atomic mass is 16.5. The molecule has 1 aliphatic rings. The first-order chi connectivity index (χ1) is 14.2. The molecule has 2 heterocycles. The van der Waals surface area contributed by atoms with Crippen molar-refractivity contribution < 1.29 is 4.74 Å². The van der Waals surface area contributed by atoms with Gasteiger partial charge in [0.25, 0.3) is 0 Å². The fourth-order valence-electron chi connectivity index (χ4n) is 3.63. The van der Waals surface area contributed by atoms with Crippen molar-refractivity contribution in [3.63, 3.8) is 0 Å². The summed E-state index contributed by atoms with van der Waals surface area (Å²) >= 11 is 0. The van der Waals surface area contributed by atoms with E-state index in [0.29, 0.717) is 6.54 Å². The second-order valence-corrected chi connectivity index (χ2v) is 7.72. The van der Waals surface area contributed by atoms with Crippen LogP contribution in [0.4, 0.5) is 0 Å². The van der Waals surface area contributed by atoms with E-state index in [1.807, 2.05) is 16.8 Å². The summed E-state index contributed by atoms with van der Waals surface area (Å²) in [5.41, 5.74) is 5.11. The summed E-state index contributed by atoms with van der Waals surface area (Å²) in [5.74, 6) is 3.41. The Morgan fingerprint density at radius 2 is 1.76 bits per heavy atom. The van der Waals surface area contributed by atoms with E-state index >= 15 is 0 Å². The molecule has 2 aromatic carbocycles. The van der Waals surface area contributed by atoms with Gasteiger partial charge in [0, 0.05) is 24.4 Å². The molecule has 6 nitrogen and oxygen atoms in total. The van der Waals surface area contributed by atoms with Crippen molar-refractivity contribution in [1.29, 1.82) is 0 Å². The van der Waals surface area contributed by atoms with E-state index in [-0.39, 0.29) is 0 Å². The van der Waals surface area contributed by atoms with Crippen molar-refractivity contribution in [2.75, 3.05) is 7.11 Å². The SMILES string of the molecule is COc1ccc(Cn2nc(CC3CC3)nc2-c2cc3nccnc3cc2C)cc1. The first kappa shape index (κ1) is 17.8. The lowest BCUT2D eigenvalue weighted by molar-refractivity contribution is 0.414. The normalized spacial score (nSPS) is 13.7. The Bertz CT molecular complexity index is 1160. The molecule has 29 heavy (non-hydrogen) atoms. The van der Waals surface area contributed by atoms with E-state index in [1.165, 1.54) is 12.8 Å². The molecule has 0 amide bonds. The molecule has 0 N–H and O–H groups in total. The molecular weight excluding hydrogens is 362 g/mol. The molecule has 0 spiro atoms. The Labute approximate surface area is 169 Å². The van der Waals surface area contributed by atoms with Crippen molar-refractivity contribution in [2.45, 2.75) is 32.7 Å². The molecule has 6 heteroatoms. The summed E-state index contributed by atoms with van der Waals surface area (Å²) < 4.78 is 7.29. The molecule has 1 aliphatic carbocycles. The second-order valence-electron chi connectivity index (χ2n) is 7.72. The van der Waals surface area contributed by atoms with E-state index in [1.54, 1.807) is 19.5 Å². The number of aromatic nitrogens is 5. The highest BCUT2D eigenvalue weighted by molar-refractivity contribution is 5.81. The summed E-state index contributed by atoms with van der Waals surface area (Å²) in [6.45, 7) is 2.76. The third-order valence-corrected chi connectivity index (χ3v) is 5.43. The zero-order valence-corrected chi connectivity index (χ0v) is 16.7. The fraction of sp³-hybridized carbons (Fsp3) is 0.304. The minimum atomic E-state index is 0.662.